The summed E-state index contributed by atoms with van der Waals surface area (Å²) in [6.45, 7) is 5.22. The number of carboxylic acid groups (broad SMARTS) is 1. The lowest BCUT2D eigenvalue weighted by Crippen LogP contribution is -2.57. The van der Waals surface area contributed by atoms with Crippen LogP contribution in [-0.4, -0.2) is 67.0 Å². The molecule has 5 atom stereocenters. The molecule has 1 aromatic rings. The van der Waals surface area contributed by atoms with Crippen molar-refractivity contribution in [3.05, 3.63) is 34.9 Å². The molecule has 4 N–H and O–H groups in total. The fourth-order valence-corrected chi connectivity index (χ4v) is 6.57. The van der Waals surface area contributed by atoms with Crippen LogP contribution in [0.1, 0.15) is 63.5 Å². The van der Waals surface area contributed by atoms with Gasteiger partial charge in [0.05, 0.1) is 18.8 Å². The predicted molar refractivity (Wildman–Crippen MR) is 140 cm³/mol. The van der Waals surface area contributed by atoms with Crippen molar-refractivity contribution in [2.24, 2.45) is 17.8 Å². The molecule has 0 radical (unpaired) electrons. The van der Waals surface area contributed by atoms with E-state index in [9.17, 15) is 9.59 Å². The average molecular weight is 521 g/mol. The molecule has 9 heteroatoms. The number of carbonyl (C=O) groups excluding carboxylic acids is 1. The standard InChI is InChI=1S/C27H41ClN4O4/c1-18(30-27(34)35)17-36-25(20-8-4-10-22(28)14-20)21-9-5-13-32(16-21)26(33)31-24-15-29-12-11-23(24)19-6-2-3-7-19/h4,8,10,14,18-19,21,23-25,29-30H,2-3,5-7,9,11-13,15-17H2,1H3,(H,31,33)(H,34,35). The zero-order valence-electron chi connectivity index (χ0n) is 21.3. The summed E-state index contributed by atoms with van der Waals surface area (Å²) in [4.78, 5) is 26.4. The Morgan fingerprint density at radius 1 is 1.22 bits per heavy atom. The molecule has 2 aliphatic heterocycles. The molecule has 2 heterocycles. The van der Waals surface area contributed by atoms with Crippen molar-refractivity contribution in [1.82, 2.24) is 20.9 Å². The summed E-state index contributed by atoms with van der Waals surface area (Å²) >= 11 is 6.29. The van der Waals surface area contributed by atoms with Gasteiger partial charge in [-0.25, -0.2) is 9.59 Å². The van der Waals surface area contributed by atoms with Gasteiger partial charge in [-0.15, -0.1) is 0 Å². The number of hydrogen-bond acceptors (Lipinski definition) is 4. The highest BCUT2D eigenvalue weighted by Gasteiger charge is 2.36. The number of nitrogens with zero attached hydrogens (tertiary/aromatic N) is 1. The van der Waals surface area contributed by atoms with Gasteiger partial charge < -0.3 is 30.7 Å². The molecule has 0 aromatic heterocycles. The Hall–Kier alpha value is -2.03. The van der Waals surface area contributed by atoms with Gasteiger partial charge in [0.2, 0.25) is 0 Å². The molecule has 1 saturated carbocycles. The summed E-state index contributed by atoms with van der Waals surface area (Å²) in [6.07, 6.45) is 6.81. The van der Waals surface area contributed by atoms with E-state index in [1.165, 1.54) is 25.7 Å². The first-order valence-corrected chi connectivity index (χ1v) is 13.9. The first-order chi connectivity index (χ1) is 17.4. The van der Waals surface area contributed by atoms with E-state index in [-0.39, 0.29) is 36.7 Å². The number of piperidine rings is 2. The number of urea groups is 1. The number of likely N-dealkylation sites (tertiary alicyclic amines) is 1. The molecule has 1 aliphatic carbocycles. The Morgan fingerprint density at radius 2 is 2.03 bits per heavy atom. The van der Waals surface area contributed by atoms with E-state index < -0.39 is 6.09 Å². The van der Waals surface area contributed by atoms with Gasteiger partial charge >= 0.3 is 12.1 Å². The van der Waals surface area contributed by atoms with Crippen LogP contribution in [0.25, 0.3) is 0 Å². The number of benzene rings is 1. The minimum Gasteiger partial charge on any atom is -0.465 e. The Morgan fingerprint density at radius 3 is 2.78 bits per heavy atom. The van der Waals surface area contributed by atoms with Crippen molar-refractivity contribution in [3.8, 4) is 0 Å². The first kappa shape index (κ1) is 27.0. The van der Waals surface area contributed by atoms with E-state index in [4.69, 9.17) is 21.4 Å². The SMILES string of the molecule is CC(COC(c1cccc(Cl)c1)C1CCCN(C(=O)NC2CNCCC2C2CCCC2)C1)NC(=O)O. The molecule has 8 nitrogen and oxygen atoms in total. The molecular formula is C27H41ClN4O4. The fraction of sp³-hybridized carbons (Fsp3) is 0.704. The van der Waals surface area contributed by atoms with Crippen molar-refractivity contribution in [2.45, 2.75) is 70.1 Å². The molecule has 4 rings (SSSR count). The van der Waals surface area contributed by atoms with Crippen LogP contribution in [0, 0.1) is 17.8 Å². The van der Waals surface area contributed by atoms with Crippen molar-refractivity contribution in [1.29, 1.82) is 0 Å². The maximum Gasteiger partial charge on any atom is 0.404 e. The molecule has 36 heavy (non-hydrogen) atoms. The van der Waals surface area contributed by atoms with Crippen LogP contribution in [0.2, 0.25) is 5.02 Å². The maximum absolute atomic E-state index is 13.4. The molecule has 2 saturated heterocycles. The van der Waals surface area contributed by atoms with E-state index in [0.717, 1.165) is 50.4 Å². The van der Waals surface area contributed by atoms with Crippen LogP contribution >= 0.6 is 11.6 Å². The van der Waals surface area contributed by atoms with E-state index >= 15 is 0 Å². The molecule has 5 unspecified atom stereocenters. The first-order valence-electron chi connectivity index (χ1n) is 13.5. The molecule has 0 bridgehead atoms. The van der Waals surface area contributed by atoms with Gasteiger partial charge in [-0.2, -0.15) is 0 Å². The third kappa shape index (κ3) is 7.26. The molecular weight excluding hydrogens is 480 g/mol. The third-order valence-electron chi connectivity index (χ3n) is 8.10. The van der Waals surface area contributed by atoms with Crippen LogP contribution in [-0.2, 0) is 4.74 Å². The second-order valence-corrected chi connectivity index (χ2v) is 11.2. The fourth-order valence-electron chi connectivity index (χ4n) is 6.37. The smallest absolute Gasteiger partial charge is 0.404 e. The lowest BCUT2D eigenvalue weighted by Gasteiger charge is -2.40. The maximum atomic E-state index is 13.4. The normalized spacial score (nSPS) is 26.8. The van der Waals surface area contributed by atoms with Crippen molar-refractivity contribution in [3.63, 3.8) is 0 Å². The van der Waals surface area contributed by atoms with E-state index in [0.29, 0.717) is 17.5 Å². The van der Waals surface area contributed by atoms with Crippen molar-refractivity contribution < 1.29 is 19.4 Å². The number of hydrogen-bond donors (Lipinski definition) is 4. The Balaban J connectivity index is 1.41. The highest BCUT2D eigenvalue weighted by atomic mass is 35.5. The Labute approximate surface area is 219 Å². The molecule has 3 aliphatic rings. The molecule has 1 aromatic carbocycles. The van der Waals surface area contributed by atoms with Crippen molar-refractivity contribution >= 4 is 23.7 Å². The van der Waals surface area contributed by atoms with Gasteiger partial charge in [0.25, 0.3) is 0 Å². The van der Waals surface area contributed by atoms with Gasteiger partial charge in [0.15, 0.2) is 0 Å². The minimum absolute atomic E-state index is 0.0159. The number of amides is 3. The average Bonchev–Trinajstić information content (AvgIpc) is 3.39. The van der Waals surface area contributed by atoms with Gasteiger partial charge in [0, 0.05) is 36.6 Å². The predicted octanol–water partition coefficient (Wildman–Crippen LogP) is 4.64. The van der Waals surface area contributed by atoms with Crippen LogP contribution in [0.4, 0.5) is 9.59 Å². The molecule has 0 spiro atoms. The number of carbonyl (C=O) groups is 2. The summed E-state index contributed by atoms with van der Waals surface area (Å²) in [5.41, 5.74) is 0.954. The summed E-state index contributed by atoms with van der Waals surface area (Å²) in [5.74, 6) is 1.38. The number of rotatable bonds is 8. The number of halogens is 1. The number of ether oxygens (including phenoxy) is 1. The van der Waals surface area contributed by atoms with Crippen LogP contribution < -0.4 is 16.0 Å². The van der Waals surface area contributed by atoms with E-state index in [1.807, 2.05) is 29.2 Å². The van der Waals surface area contributed by atoms with Gasteiger partial charge in [-0.05, 0) is 62.3 Å². The molecule has 200 valence electrons. The summed E-state index contributed by atoms with van der Waals surface area (Å²) in [5, 5.41) is 19.0. The number of nitrogens with one attached hydrogen (secondary N) is 3. The zero-order chi connectivity index (χ0) is 25.5. The topological polar surface area (TPSA) is 103 Å². The second kappa shape index (κ2) is 13.0. The minimum atomic E-state index is -1.07. The highest BCUT2D eigenvalue weighted by Crippen LogP contribution is 2.37. The summed E-state index contributed by atoms with van der Waals surface area (Å²) < 4.78 is 6.30. The second-order valence-electron chi connectivity index (χ2n) is 10.8. The van der Waals surface area contributed by atoms with Gasteiger partial charge in [0.1, 0.15) is 0 Å². The lowest BCUT2D eigenvalue weighted by atomic mass is 9.80. The van der Waals surface area contributed by atoms with Crippen molar-refractivity contribution in [2.75, 3.05) is 32.8 Å². The van der Waals surface area contributed by atoms with Gasteiger partial charge in [-0.3, -0.25) is 0 Å². The molecule has 3 fully saturated rings. The zero-order valence-corrected chi connectivity index (χ0v) is 22.0. The Kier molecular flexibility index (Phi) is 9.73. The van der Waals surface area contributed by atoms with E-state index in [1.54, 1.807) is 6.92 Å². The quantitative estimate of drug-likeness (QED) is 0.400. The lowest BCUT2D eigenvalue weighted by molar-refractivity contribution is -0.0175. The van der Waals surface area contributed by atoms with E-state index in [2.05, 4.69) is 16.0 Å². The Bertz CT molecular complexity index is 881. The summed E-state index contributed by atoms with van der Waals surface area (Å²) in [7, 11) is 0. The third-order valence-corrected chi connectivity index (χ3v) is 8.33. The molecule has 3 amide bonds. The highest BCUT2D eigenvalue weighted by molar-refractivity contribution is 6.30. The summed E-state index contributed by atoms with van der Waals surface area (Å²) in [6, 6.07) is 7.47. The largest absolute Gasteiger partial charge is 0.465 e. The van der Waals surface area contributed by atoms with Crippen LogP contribution in [0.3, 0.4) is 0 Å². The van der Waals surface area contributed by atoms with Crippen LogP contribution in [0.5, 0.6) is 0 Å². The van der Waals surface area contributed by atoms with Gasteiger partial charge in [-0.1, -0.05) is 49.4 Å². The monoisotopic (exact) mass is 520 g/mol. The van der Waals surface area contributed by atoms with Crippen LogP contribution in [0.15, 0.2) is 24.3 Å².